The Labute approximate surface area is 135 Å². The first-order valence-electron chi connectivity index (χ1n) is 6.82. The SMILES string of the molecule is Cc1nc(-c2cc(CNC(=O)O)ccc2C(F)(F)F)ccc1C=O. The highest BCUT2D eigenvalue weighted by Crippen LogP contribution is 2.37. The molecule has 2 rings (SSSR count). The van der Waals surface area contributed by atoms with E-state index in [4.69, 9.17) is 5.11 Å². The summed E-state index contributed by atoms with van der Waals surface area (Å²) in [4.78, 5) is 25.4. The topological polar surface area (TPSA) is 79.3 Å². The molecule has 0 radical (unpaired) electrons. The number of halogens is 3. The van der Waals surface area contributed by atoms with Crippen LogP contribution >= 0.6 is 0 Å². The highest BCUT2D eigenvalue weighted by Gasteiger charge is 2.34. The van der Waals surface area contributed by atoms with Gasteiger partial charge in [0, 0.05) is 23.4 Å². The van der Waals surface area contributed by atoms with Crippen molar-refractivity contribution in [2.45, 2.75) is 19.6 Å². The first-order valence-corrected chi connectivity index (χ1v) is 6.82. The van der Waals surface area contributed by atoms with Crippen LogP contribution in [0.15, 0.2) is 30.3 Å². The van der Waals surface area contributed by atoms with E-state index < -0.39 is 17.8 Å². The highest BCUT2D eigenvalue weighted by molar-refractivity contribution is 5.78. The maximum absolute atomic E-state index is 13.2. The van der Waals surface area contributed by atoms with E-state index >= 15 is 0 Å². The van der Waals surface area contributed by atoms with Gasteiger partial charge in [0.2, 0.25) is 0 Å². The molecule has 24 heavy (non-hydrogen) atoms. The molecule has 0 fully saturated rings. The number of carbonyl (C=O) groups is 2. The van der Waals surface area contributed by atoms with Crippen LogP contribution in [0.2, 0.25) is 0 Å². The molecule has 126 valence electrons. The molecule has 2 N–H and O–H groups in total. The van der Waals surface area contributed by atoms with Crippen molar-refractivity contribution in [3.8, 4) is 11.3 Å². The van der Waals surface area contributed by atoms with Crippen LogP contribution in [0.3, 0.4) is 0 Å². The van der Waals surface area contributed by atoms with E-state index in [9.17, 15) is 22.8 Å². The number of rotatable bonds is 4. The summed E-state index contributed by atoms with van der Waals surface area (Å²) in [5.74, 6) is 0. The van der Waals surface area contributed by atoms with Gasteiger partial charge in [-0.2, -0.15) is 13.2 Å². The lowest BCUT2D eigenvalue weighted by Crippen LogP contribution is -2.20. The number of nitrogens with zero attached hydrogens (tertiary/aromatic N) is 1. The van der Waals surface area contributed by atoms with Gasteiger partial charge < -0.3 is 10.4 Å². The summed E-state index contributed by atoms with van der Waals surface area (Å²) in [6.45, 7) is 1.39. The lowest BCUT2D eigenvalue weighted by molar-refractivity contribution is -0.137. The molecule has 0 aliphatic heterocycles. The maximum Gasteiger partial charge on any atom is 0.417 e. The Kier molecular flexibility index (Phi) is 4.87. The average molecular weight is 338 g/mol. The number of hydrogen-bond donors (Lipinski definition) is 2. The van der Waals surface area contributed by atoms with Gasteiger partial charge in [0.25, 0.3) is 0 Å². The number of alkyl halides is 3. The van der Waals surface area contributed by atoms with E-state index in [0.717, 1.165) is 6.07 Å². The van der Waals surface area contributed by atoms with Crippen LogP contribution in [0.1, 0.15) is 27.2 Å². The quantitative estimate of drug-likeness (QED) is 0.834. The van der Waals surface area contributed by atoms with E-state index in [1.807, 2.05) is 0 Å². The number of benzene rings is 1. The monoisotopic (exact) mass is 338 g/mol. The zero-order valence-electron chi connectivity index (χ0n) is 12.5. The van der Waals surface area contributed by atoms with Crippen molar-refractivity contribution in [2.24, 2.45) is 0 Å². The Morgan fingerprint density at radius 1 is 1.29 bits per heavy atom. The second-order valence-corrected chi connectivity index (χ2v) is 5.03. The molecular weight excluding hydrogens is 325 g/mol. The smallest absolute Gasteiger partial charge is 0.417 e. The Morgan fingerprint density at radius 3 is 2.54 bits per heavy atom. The van der Waals surface area contributed by atoms with Crippen molar-refractivity contribution in [3.05, 3.63) is 52.7 Å². The van der Waals surface area contributed by atoms with E-state index in [-0.39, 0.29) is 23.4 Å². The third-order valence-electron chi connectivity index (χ3n) is 3.36. The average Bonchev–Trinajstić information content (AvgIpc) is 2.51. The minimum Gasteiger partial charge on any atom is -0.465 e. The van der Waals surface area contributed by atoms with Gasteiger partial charge in [0.05, 0.1) is 11.3 Å². The van der Waals surface area contributed by atoms with E-state index in [1.165, 1.54) is 31.2 Å². The number of pyridine rings is 1. The molecule has 5 nitrogen and oxygen atoms in total. The Morgan fingerprint density at radius 2 is 2.00 bits per heavy atom. The van der Waals surface area contributed by atoms with Crippen molar-refractivity contribution in [1.82, 2.24) is 10.3 Å². The fraction of sp³-hybridized carbons (Fsp3) is 0.188. The summed E-state index contributed by atoms with van der Waals surface area (Å²) in [5.41, 5.74) is -0.0392. The van der Waals surface area contributed by atoms with Crippen molar-refractivity contribution in [1.29, 1.82) is 0 Å². The molecule has 0 aliphatic rings. The summed E-state index contributed by atoms with van der Waals surface area (Å²) in [6.07, 6.45) is -5.29. The maximum atomic E-state index is 13.2. The summed E-state index contributed by atoms with van der Waals surface area (Å²) >= 11 is 0. The van der Waals surface area contributed by atoms with Crippen molar-refractivity contribution in [3.63, 3.8) is 0 Å². The summed E-state index contributed by atoms with van der Waals surface area (Å²) in [6, 6.07) is 6.05. The molecule has 1 aromatic heterocycles. The van der Waals surface area contributed by atoms with Crippen LogP contribution in [-0.4, -0.2) is 22.5 Å². The van der Waals surface area contributed by atoms with Gasteiger partial charge in [-0.15, -0.1) is 0 Å². The predicted molar refractivity (Wildman–Crippen MR) is 79.7 cm³/mol. The molecule has 1 heterocycles. The van der Waals surface area contributed by atoms with Crippen LogP contribution in [-0.2, 0) is 12.7 Å². The molecule has 1 aromatic carbocycles. The normalized spacial score (nSPS) is 11.2. The number of hydrogen-bond acceptors (Lipinski definition) is 3. The lowest BCUT2D eigenvalue weighted by Gasteiger charge is -2.15. The predicted octanol–water partition coefficient (Wildman–Crippen LogP) is 3.66. The molecule has 0 saturated heterocycles. The Bertz CT molecular complexity index is 789. The van der Waals surface area contributed by atoms with Crippen molar-refractivity contribution >= 4 is 12.4 Å². The minimum atomic E-state index is -4.59. The Hall–Kier alpha value is -2.90. The molecule has 0 atom stereocenters. The number of nitrogens with one attached hydrogen (secondary N) is 1. The van der Waals surface area contributed by atoms with E-state index in [1.54, 1.807) is 0 Å². The van der Waals surface area contributed by atoms with Gasteiger partial charge in [-0.3, -0.25) is 9.78 Å². The van der Waals surface area contributed by atoms with Crippen molar-refractivity contribution in [2.75, 3.05) is 0 Å². The van der Waals surface area contributed by atoms with Crippen LogP contribution in [0.4, 0.5) is 18.0 Å². The molecule has 8 heteroatoms. The summed E-state index contributed by atoms with van der Waals surface area (Å²) in [5, 5.41) is 10.7. The lowest BCUT2D eigenvalue weighted by atomic mass is 9.99. The number of aldehydes is 1. The Balaban J connectivity index is 2.55. The number of carbonyl (C=O) groups excluding carboxylic acids is 1. The number of carboxylic acid groups (broad SMARTS) is 1. The number of aryl methyl sites for hydroxylation is 1. The van der Waals surface area contributed by atoms with Gasteiger partial charge in [0.15, 0.2) is 6.29 Å². The standard InChI is InChI=1S/C16H13F3N2O3/c1-9-11(8-22)3-5-14(21-9)12-6-10(7-20-15(23)24)2-4-13(12)16(17,18)19/h2-6,8,20H,7H2,1H3,(H,23,24). The molecule has 0 aliphatic carbocycles. The molecule has 1 amide bonds. The third-order valence-corrected chi connectivity index (χ3v) is 3.36. The van der Waals surface area contributed by atoms with Gasteiger partial charge in [-0.25, -0.2) is 4.79 Å². The van der Waals surface area contributed by atoms with E-state index in [2.05, 4.69) is 10.3 Å². The van der Waals surface area contributed by atoms with Gasteiger partial charge in [-0.1, -0.05) is 6.07 Å². The highest BCUT2D eigenvalue weighted by atomic mass is 19.4. The molecule has 2 aromatic rings. The van der Waals surface area contributed by atoms with Gasteiger partial charge >= 0.3 is 12.3 Å². The number of amides is 1. The van der Waals surface area contributed by atoms with Crippen LogP contribution in [0.25, 0.3) is 11.3 Å². The second-order valence-electron chi connectivity index (χ2n) is 5.03. The summed E-state index contributed by atoms with van der Waals surface area (Å²) < 4.78 is 39.7. The van der Waals surface area contributed by atoms with Gasteiger partial charge in [0.1, 0.15) is 0 Å². The molecule has 0 spiro atoms. The molecule has 0 unspecified atom stereocenters. The second kappa shape index (κ2) is 6.69. The zero-order valence-corrected chi connectivity index (χ0v) is 12.5. The molecule has 0 bridgehead atoms. The molecular formula is C16H13F3N2O3. The largest absolute Gasteiger partial charge is 0.465 e. The third kappa shape index (κ3) is 3.89. The number of aromatic nitrogens is 1. The van der Waals surface area contributed by atoms with Crippen LogP contribution in [0, 0.1) is 6.92 Å². The first-order chi connectivity index (χ1) is 11.2. The summed E-state index contributed by atoms with van der Waals surface area (Å²) in [7, 11) is 0. The zero-order chi connectivity index (χ0) is 17.9. The van der Waals surface area contributed by atoms with Crippen molar-refractivity contribution < 1.29 is 27.9 Å². The fourth-order valence-corrected chi connectivity index (χ4v) is 2.18. The van der Waals surface area contributed by atoms with E-state index in [0.29, 0.717) is 17.5 Å². The minimum absolute atomic E-state index is 0.0580. The fourth-order valence-electron chi connectivity index (χ4n) is 2.18. The first kappa shape index (κ1) is 17.5. The van der Waals surface area contributed by atoms with Crippen LogP contribution < -0.4 is 5.32 Å². The van der Waals surface area contributed by atoms with Gasteiger partial charge in [-0.05, 0) is 36.8 Å². The van der Waals surface area contributed by atoms with Crippen LogP contribution in [0.5, 0.6) is 0 Å². The molecule has 0 saturated carbocycles.